The summed E-state index contributed by atoms with van der Waals surface area (Å²) < 4.78 is 5.92. The second kappa shape index (κ2) is 8.78. The molecule has 0 unspecified atom stereocenters. The van der Waals surface area contributed by atoms with Crippen LogP contribution in [0, 0.1) is 0 Å². The van der Waals surface area contributed by atoms with Gasteiger partial charge in [-0.15, -0.1) is 0 Å². The maximum atomic E-state index is 5.92. The molecule has 3 rings (SSSR count). The summed E-state index contributed by atoms with van der Waals surface area (Å²) in [4.78, 5) is 11.3. The number of pyridine rings is 2. The number of hydrogen-bond acceptors (Lipinski definition) is 4. The highest BCUT2D eigenvalue weighted by molar-refractivity contribution is 5.28. The zero-order valence-corrected chi connectivity index (χ0v) is 16.3. The summed E-state index contributed by atoms with van der Waals surface area (Å²) >= 11 is 0. The molecule has 0 saturated carbocycles. The molecule has 0 atom stereocenters. The Kier molecular flexibility index (Phi) is 6.20. The van der Waals surface area contributed by atoms with Crippen molar-refractivity contribution in [2.24, 2.45) is 0 Å². The summed E-state index contributed by atoms with van der Waals surface area (Å²) in [7, 11) is 0. The third-order valence-electron chi connectivity index (χ3n) is 3.98. The van der Waals surface area contributed by atoms with Crippen molar-refractivity contribution in [3.05, 3.63) is 90.0 Å². The molecule has 0 aliphatic rings. The average molecular weight is 361 g/mol. The summed E-state index contributed by atoms with van der Waals surface area (Å²) in [6.45, 7) is 8.55. The lowest BCUT2D eigenvalue weighted by molar-refractivity contribution is 0.131. The summed E-state index contributed by atoms with van der Waals surface area (Å²) in [6, 6.07) is 20.4. The fourth-order valence-corrected chi connectivity index (χ4v) is 2.88. The first-order valence-corrected chi connectivity index (χ1v) is 9.28. The van der Waals surface area contributed by atoms with Gasteiger partial charge in [0.15, 0.2) is 0 Å². The van der Waals surface area contributed by atoms with Gasteiger partial charge in [0.1, 0.15) is 11.4 Å². The first-order chi connectivity index (χ1) is 13.0. The van der Waals surface area contributed by atoms with E-state index in [9.17, 15) is 0 Å². The molecule has 0 aliphatic heterocycles. The second-order valence-corrected chi connectivity index (χ2v) is 7.65. The van der Waals surface area contributed by atoms with E-state index in [4.69, 9.17) is 4.74 Å². The second-order valence-electron chi connectivity index (χ2n) is 7.65. The highest BCUT2D eigenvalue weighted by Crippen LogP contribution is 2.20. The van der Waals surface area contributed by atoms with Crippen LogP contribution in [0.15, 0.2) is 73.1 Å². The molecule has 2 heterocycles. The number of rotatable bonds is 7. The van der Waals surface area contributed by atoms with Gasteiger partial charge in [-0.05, 0) is 62.7 Å². The van der Waals surface area contributed by atoms with Crippen LogP contribution in [0.4, 0.5) is 0 Å². The Labute approximate surface area is 161 Å². The van der Waals surface area contributed by atoms with E-state index >= 15 is 0 Å². The van der Waals surface area contributed by atoms with Gasteiger partial charge in [0.05, 0.1) is 11.4 Å². The lowest BCUT2D eigenvalue weighted by Crippen LogP contribution is -2.24. The molecular formula is C23H27N3O. The molecule has 0 aliphatic carbocycles. The van der Waals surface area contributed by atoms with Gasteiger partial charge in [-0.3, -0.25) is 14.9 Å². The van der Waals surface area contributed by atoms with Gasteiger partial charge in [-0.25, -0.2) is 0 Å². The molecule has 0 amide bonds. The Hall–Kier alpha value is -2.72. The molecule has 0 spiro atoms. The summed E-state index contributed by atoms with van der Waals surface area (Å²) in [6.07, 6.45) is 3.68. The minimum Gasteiger partial charge on any atom is -0.488 e. The number of hydrogen-bond donors (Lipinski definition) is 0. The zero-order valence-electron chi connectivity index (χ0n) is 16.3. The molecule has 4 heteroatoms. The van der Waals surface area contributed by atoms with E-state index in [0.29, 0.717) is 0 Å². The summed E-state index contributed by atoms with van der Waals surface area (Å²) in [5.74, 6) is 0.896. The van der Waals surface area contributed by atoms with Crippen molar-refractivity contribution in [1.82, 2.24) is 14.9 Å². The molecule has 0 N–H and O–H groups in total. The normalized spacial score (nSPS) is 11.6. The van der Waals surface area contributed by atoms with Crippen LogP contribution in [0.25, 0.3) is 0 Å². The van der Waals surface area contributed by atoms with E-state index in [1.165, 1.54) is 5.56 Å². The van der Waals surface area contributed by atoms with Gasteiger partial charge in [-0.1, -0.05) is 24.3 Å². The van der Waals surface area contributed by atoms with Crippen LogP contribution in [0.3, 0.4) is 0 Å². The quantitative estimate of drug-likeness (QED) is 0.602. The van der Waals surface area contributed by atoms with E-state index in [0.717, 1.165) is 36.8 Å². The van der Waals surface area contributed by atoms with Crippen LogP contribution in [0.1, 0.15) is 37.7 Å². The van der Waals surface area contributed by atoms with E-state index < -0.39 is 0 Å². The first-order valence-electron chi connectivity index (χ1n) is 9.28. The Morgan fingerprint density at radius 2 is 1.30 bits per heavy atom. The highest BCUT2D eigenvalue weighted by Gasteiger charge is 2.13. The predicted molar refractivity (Wildman–Crippen MR) is 108 cm³/mol. The molecule has 0 bridgehead atoms. The topological polar surface area (TPSA) is 38.2 Å². The van der Waals surface area contributed by atoms with Gasteiger partial charge >= 0.3 is 0 Å². The molecule has 0 saturated heterocycles. The Bertz CT molecular complexity index is 770. The van der Waals surface area contributed by atoms with E-state index in [-0.39, 0.29) is 5.60 Å². The number of aromatic nitrogens is 2. The molecule has 2 aromatic heterocycles. The first kappa shape index (κ1) is 19.1. The highest BCUT2D eigenvalue weighted by atomic mass is 16.5. The van der Waals surface area contributed by atoms with Gasteiger partial charge in [0.25, 0.3) is 0 Å². The van der Waals surface area contributed by atoms with Crippen LogP contribution < -0.4 is 4.74 Å². The maximum absolute atomic E-state index is 5.92. The molecule has 0 radical (unpaired) electrons. The molecule has 0 fully saturated rings. The van der Waals surface area contributed by atoms with Crippen molar-refractivity contribution in [3.63, 3.8) is 0 Å². The minimum absolute atomic E-state index is 0.189. The zero-order chi connectivity index (χ0) is 19.1. The van der Waals surface area contributed by atoms with E-state index in [1.807, 2.05) is 48.8 Å². The molecule has 27 heavy (non-hydrogen) atoms. The lowest BCUT2D eigenvalue weighted by Gasteiger charge is -2.23. The van der Waals surface area contributed by atoms with Gasteiger partial charge in [0, 0.05) is 32.0 Å². The van der Waals surface area contributed by atoms with Gasteiger partial charge in [-0.2, -0.15) is 0 Å². The van der Waals surface area contributed by atoms with E-state index in [1.54, 1.807) is 0 Å². The fraction of sp³-hybridized carbons (Fsp3) is 0.304. The Morgan fingerprint density at radius 3 is 1.74 bits per heavy atom. The molecule has 3 aromatic rings. The molecule has 140 valence electrons. The number of ether oxygens (including phenoxy) is 1. The Balaban J connectivity index is 1.72. The average Bonchev–Trinajstić information content (AvgIpc) is 2.64. The SMILES string of the molecule is CC(C)(C)Oc1ccc(CN(Cc2ccccn2)Cc2ccccn2)cc1. The summed E-state index contributed by atoms with van der Waals surface area (Å²) in [5.41, 5.74) is 3.16. The van der Waals surface area contributed by atoms with Crippen LogP contribution in [-0.4, -0.2) is 20.5 Å². The lowest BCUT2D eigenvalue weighted by atomic mass is 10.1. The predicted octanol–water partition coefficient (Wildman–Crippen LogP) is 4.86. The van der Waals surface area contributed by atoms with Gasteiger partial charge < -0.3 is 4.74 Å². The van der Waals surface area contributed by atoms with Crippen LogP contribution in [0.2, 0.25) is 0 Å². The summed E-state index contributed by atoms with van der Waals surface area (Å²) in [5, 5.41) is 0. The third kappa shape index (κ3) is 6.50. The fourth-order valence-electron chi connectivity index (χ4n) is 2.88. The largest absolute Gasteiger partial charge is 0.488 e. The van der Waals surface area contributed by atoms with Crippen molar-refractivity contribution < 1.29 is 4.74 Å². The van der Waals surface area contributed by atoms with Crippen molar-refractivity contribution >= 4 is 0 Å². The third-order valence-corrected chi connectivity index (χ3v) is 3.98. The van der Waals surface area contributed by atoms with Crippen molar-refractivity contribution in [2.75, 3.05) is 0 Å². The smallest absolute Gasteiger partial charge is 0.120 e. The Morgan fingerprint density at radius 1 is 0.741 bits per heavy atom. The molecule has 4 nitrogen and oxygen atoms in total. The maximum Gasteiger partial charge on any atom is 0.120 e. The van der Waals surface area contributed by atoms with Crippen LogP contribution in [0.5, 0.6) is 5.75 Å². The van der Waals surface area contributed by atoms with Crippen LogP contribution >= 0.6 is 0 Å². The molecule has 1 aromatic carbocycles. The van der Waals surface area contributed by atoms with Crippen molar-refractivity contribution in [3.8, 4) is 5.75 Å². The minimum atomic E-state index is -0.189. The van der Waals surface area contributed by atoms with Crippen molar-refractivity contribution in [1.29, 1.82) is 0 Å². The molecular weight excluding hydrogens is 334 g/mol. The number of benzene rings is 1. The number of nitrogens with zero attached hydrogens (tertiary/aromatic N) is 3. The standard InChI is InChI=1S/C23H27N3O/c1-23(2,3)27-22-12-10-19(11-13-22)16-26(17-20-8-4-6-14-24-20)18-21-9-5-7-15-25-21/h4-15H,16-18H2,1-3H3. The van der Waals surface area contributed by atoms with Gasteiger partial charge in [0.2, 0.25) is 0 Å². The monoisotopic (exact) mass is 361 g/mol. The van der Waals surface area contributed by atoms with Crippen molar-refractivity contribution in [2.45, 2.75) is 46.0 Å². The van der Waals surface area contributed by atoms with Crippen LogP contribution in [-0.2, 0) is 19.6 Å². The van der Waals surface area contributed by atoms with E-state index in [2.05, 4.69) is 59.9 Å².